The molecule has 4 rings (SSSR count). The van der Waals surface area contributed by atoms with Crippen LogP contribution in [0.15, 0.2) is 42.7 Å². The molecule has 0 N–H and O–H groups in total. The van der Waals surface area contributed by atoms with Crippen LogP contribution in [-0.4, -0.2) is 47.0 Å². The minimum atomic E-state index is -0.0939. The molecule has 3 heterocycles. The Morgan fingerprint density at radius 2 is 1.89 bits per heavy atom. The Bertz CT molecular complexity index is 871. The minimum absolute atomic E-state index is 0.00195. The van der Waals surface area contributed by atoms with Crippen LogP contribution in [0, 0.1) is 13.8 Å². The average Bonchev–Trinajstić information content (AvgIpc) is 3.11. The van der Waals surface area contributed by atoms with E-state index in [0.29, 0.717) is 37.8 Å². The van der Waals surface area contributed by atoms with E-state index in [9.17, 15) is 4.79 Å². The fraction of sp³-hybridized carbons (Fsp3) is 0.381. The molecule has 7 nitrogen and oxygen atoms in total. The first-order valence-corrected chi connectivity index (χ1v) is 9.53. The highest BCUT2D eigenvalue weighted by atomic mass is 16.7. The zero-order chi connectivity index (χ0) is 19.5. The number of amides is 1. The lowest BCUT2D eigenvalue weighted by molar-refractivity contribution is 0.0722. The second-order valence-electron chi connectivity index (χ2n) is 7.00. The van der Waals surface area contributed by atoms with Crippen LogP contribution >= 0.6 is 0 Å². The van der Waals surface area contributed by atoms with Gasteiger partial charge in [-0.1, -0.05) is 18.2 Å². The van der Waals surface area contributed by atoms with Gasteiger partial charge in [-0.2, -0.15) is 0 Å². The van der Waals surface area contributed by atoms with E-state index < -0.39 is 0 Å². The van der Waals surface area contributed by atoms with Crippen LogP contribution in [0.3, 0.4) is 0 Å². The van der Waals surface area contributed by atoms with Gasteiger partial charge in [-0.25, -0.2) is 15.0 Å². The van der Waals surface area contributed by atoms with E-state index in [1.54, 1.807) is 11.3 Å². The number of aromatic nitrogens is 2. The second-order valence-corrected chi connectivity index (χ2v) is 7.00. The predicted molar refractivity (Wildman–Crippen MR) is 105 cm³/mol. The van der Waals surface area contributed by atoms with E-state index in [4.69, 9.17) is 9.57 Å². The zero-order valence-corrected chi connectivity index (χ0v) is 16.2. The summed E-state index contributed by atoms with van der Waals surface area (Å²) in [5.74, 6) is 0.538. The topological polar surface area (TPSA) is 67.8 Å². The molecule has 1 atom stereocenters. The first kappa shape index (κ1) is 18.4. The number of hydroxylamine groups is 1. The number of carbonyl (C=O) groups is 1. The zero-order valence-electron chi connectivity index (χ0n) is 16.2. The monoisotopic (exact) mass is 380 g/mol. The molecule has 1 saturated heterocycles. The highest BCUT2D eigenvalue weighted by Crippen LogP contribution is 2.30. The summed E-state index contributed by atoms with van der Waals surface area (Å²) in [5.41, 5.74) is 3.40. The maximum Gasteiger partial charge on any atom is 0.254 e. The second kappa shape index (κ2) is 7.98. The molecule has 0 radical (unpaired) electrons. The summed E-state index contributed by atoms with van der Waals surface area (Å²) in [5, 5.41) is 1.68. The van der Waals surface area contributed by atoms with Gasteiger partial charge >= 0.3 is 0 Å². The maximum atomic E-state index is 13.2. The third-order valence-corrected chi connectivity index (χ3v) is 4.89. The number of hydrogen-bond donors (Lipinski definition) is 0. The van der Waals surface area contributed by atoms with Crippen molar-refractivity contribution in [1.29, 1.82) is 0 Å². The van der Waals surface area contributed by atoms with Crippen LogP contribution in [0.5, 0.6) is 0 Å². The quantitative estimate of drug-likeness (QED) is 0.816. The van der Waals surface area contributed by atoms with Gasteiger partial charge in [0, 0.05) is 42.0 Å². The highest BCUT2D eigenvalue weighted by Gasteiger charge is 2.27. The number of anilines is 1. The lowest BCUT2D eigenvalue weighted by Gasteiger charge is -2.23. The molecule has 0 aliphatic carbocycles. The van der Waals surface area contributed by atoms with Crippen LogP contribution < -0.4 is 5.06 Å². The van der Waals surface area contributed by atoms with Crippen LogP contribution in [0.25, 0.3) is 0 Å². The minimum Gasteiger partial charge on any atom is -0.493 e. The van der Waals surface area contributed by atoms with Crippen molar-refractivity contribution in [2.75, 3.05) is 31.3 Å². The number of benzene rings is 1. The van der Waals surface area contributed by atoms with Crippen LogP contribution in [0.4, 0.5) is 5.95 Å². The maximum absolute atomic E-state index is 13.2. The Kier molecular flexibility index (Phi) is 5.25. The largest absolute Gasteiger partial charge is 0.493 e. The Morgan fingerprint density at radius 1 is 1.11 bits per heavy atom. The molecule has 2 aliphatic heterocycles. The third-order valence-electron chi connectivity index (χ3n) is 4.89. The van der Waals surface area contributed by atoms with E-state index in [2.05, 4.69) is 9.97 Å². The molecule has 0 bridgehead atoms. The first-order valence-electron chi connectivity index (χ1n) is 9.53. The molecule has 2 aliphatic rings. The van der Waals surface area contributed by atoms with Gasteiger partial charge in [0.2, 0.25) is 5.95 Å². The van der Waals surface area contributed by atoms with Crippen molar-refractivity contribution in [3.8, 4) is 0 Å². The van der Waals surface area contributed by atoms with E-state index >= 15 is 0 Å². The van der Waals surface area contributed by atoms with Crippen LogP contribution in [-0.2, 0) is 9.57 Å². The summed E-state index contributed by atoms with van der Waals surface area (Å²) in [4.78, 5) is 29.8. The number of ether oxygens (including phenoxy) is 1. The molecule has 146 valence electrons. The number of aryl methyl sites for hydroxylation is 2. The van der Waals surface area contributed by atoms with Gasteiger partial charge < -0.3 is 9.64 Å². The molecule has 1 aromatic carbocycles. The molecule has 2 aromatic rings. The molecule has 0 spiro atoms. The Hall–Kier alpha value is -2.93. The Labute approximate surface area is 164 Å². The number of nitrogens with zero attached hydrogens (tertiary/aromatic N) is 4. The van der Waals surface area contributed by atoms with Crippen molar-refractivity contribution < 1.29 is 14.4 Å². The van der Waals surface area contributed by atoms with E-state index in [0.717, 1.165) is 23.4 Å². The summed E-state index contributed by atoms with van der Waals surface area (Å²) in [6, 6.07) is 9.60. The summed E-state index contributed by atoms with van der Waals surface area (Å²) < 4.78 is 5.64. The molecular formula is C21H24N4O3. The van der Waals surface area contributed by atoms with Crippen LogP contribution in [0.2, 0.25) is 0 Å². The van der Waals surface area contributed by atoms with Gasteiger partial charge in [-0.3, -0.25) is 9.63 Å². The molecule has 0 saturated carbocycles. The standard InChI is InChI=1S/C21H24N4O3/c1-15-14-16(2)23-21(22-15)25-10-9-24(11-13-28-25)20(26)18-7-4-3-6-17(18)19-8-5-12-27-19/h3-7,12,14,19H,8-11,13H2,1-2H3. The molecule has 1 unspecified atom stereocenters. The Morgan fingerprint density at radius 3 is 2.64 bits per heavy atom. The SMILES string of the molecule is Cc1cc(C)nc(N2CCN(C(=O)c3ccccc3C3CC=CO3)CCO2)n1. The van der Waals surface area contributed by atoms with E-state index in [1.807, 2.05) is 55.2 Å². The molecule has 1 fully saturated rings. The van der Waals surface area contributed by atoms with Crippen molar-refractivity contribution in [2.45, 2.75) is 26.4 Å². The number of rotatable bonds is 3. The molecule has 7 heteroatoms. The first-order chi connectivity index (χ1) is 13.6. The van der Waals surface area contributed by atoms with Gasteiger partial charge in [0.15, 0.2) is 0 Å². The van der Waals surface area contributed by atoms with Crippen molar-refractivity contribution in [1.82, 2.24) is 14.9 Å². The lowest BCUT2D eigenvalue weighted by Crippen LogP contribution is -2.36. The lowest BCUT2D eigenvalue weighted by atomic mass is 9.99. The van der Waals surface area contributed by atoms with Gasteiger partial charge in [-0.05, 0) is 32.1 Å². The van der Waals surface area contributed by atoms with Gasteiger partial charge in [0.25, 0.3) is 5.91 Å². The fourth-order valence-electron chi connectivity index (χ4n) is 3.56. The summed E-state index contributed by atoms with van der Waals surface area (Å²) in [6.45, 7) is 5.82. The van der Waals surface area contributed by atoms with Gasteiger partial charge in [-0.15, -0.1) is 0 Å². The smallest absolute Gasteiger partial charge is 0.254 e. The molecule has 1 aromatic heterocycles. The summed E-state index contributed by atoms with van der Waals surface area (Å²) >= 11 is 0. The van der Waals surface area contributed by atoms with E-state index in [1.165, 1.54) is 0 Å². The normalized spacial score (nSPS) is 19.4. The number of hydrogen-bond acceptors (Lipinski definition) is 6. The average molecular weight is 380 g/mol. The predicted octanol–water partition coefficient (Wildman–Crippen LogP) is 2.96. The third kappa shape index (κ3) is 3.84. The number of carbonyl (C=O) groups excluding carboxylic acids is 1. The van der Waals surface area contributed by atoms with Crippen molar-refractivity contribution in [3.05, 3.63) is 65.2 Å². The van der Waals surface area contributed by atoms with Crippen molar-refractivity contribution in [3.63, 3.8) is 0 Å². The van der Waals surface area contributed by atoms with E-state index in [-0.39, 0.29) is 12.0 Å². The summed E-state index contributed by atoms with van der Waals surface area (Å²) in [6.07, 6.45) is 4.37. The van der Waals surface area contributed by atoms with Gasteiger partial charge in [0.1, 0.15) is 6.10 Å². The highest BCUT2D eigenvalue weighted by molar-refractivity contribution is 5.96. The van der Waals surface area contributed by atoms with Crippen molar-refractivity contribution >= 4 is 11.9 Å². The summed E-state index contributed by atoms with van der Waals surface area (Å²) in [7, 11) is 0. The molecule has 28 heavy (non-hydrogen) atoms. The van der Waals surface area contributed by atoms with Crippen molar-refractivity contribution in [2.24, 2.45) is 0 Å². The Balaban J connectivity index is 1.50. The van der Waals surface area contributed by atoms with Crippen LogP contribution in [0.1, 0.15) is 39.8 Å². The fourth-order valence-corrected chi connectivity index (χ4v) is 3.56. The molecule has 1 amide bonds. The van der Waals surface area contributed by atoms with Gasteiger partial charge in [0.05, 0.1) is 19.4 Å². The molecular weight excluding hydrogens is 356 g/mol.